The van der Waals surface area contributed by atoms with Crippen molar-refractivity contribution in [3.05, 3.63) is 29.0 Å². The summed E-state index contributed by atoms with van der Waals surface area (Å²) in [6, 6.07) is 3.87. The summed E-state index contributed by atoms with van der Waals surface area (Å²) in [5, 5.41) is 5.42. The normalized spacial score (nSPS) is 16.5. The van der Waals surface area contributed by atoms with Gasteiger partial charge in [-0.25, -0.2) is 9.18 Å². The van der Waals surface area contributed by atoms with Gasteiger partial charge < -0.3 is 15.5 Å². The number of anilines is 1. The molecule has 2 rings (SSSR count). The van der Waals surface area contributed by atoms with E-state index >= 15 is 0 Å². The van der Waals surface area contributed by atoms with E-state index in [4.69, 9.17) is 11.6 Å². The molecule has 0 aliphatic carbocycles. The summed E-state index contributed by atoms with van der Waals surface area (Å²) in [7, 11) is 0. The smallest absolute Gasteiger partial charge is 0.319 e. The van der Waals surface area contributed by atoms with Crippen molar-refractivity contribution in [3.8, 4) is 0 Å². The number of hydrogen-bond acceptors (Lipinski definition) is 2. The van der Waals surface area contributed by atoms with Crippen LogP contribution in [0.4, 0.5) is 14.9 Å². The van der Waals surface area contributed by atoms with Crippen LogP contribution in [0.1, 0.15) is 26.2 Å². The molecule has 1 heterocycles. The number of hydrogen-bond donors (Lipinski definition) is 2. The van der Waals surface area contributed by atoms with Crippen LogP contribution in [0.3, 0.4) is 0 Å². The molecule has 2 N–H and O–H groups in total. The Morgan fingerprint density at radius 2 is 2.14 bits per heavy atom. The summed E-state index contributed by atoms with van der Waals surface area (Å²) in [6.07, 6.45) is 3.43. The lowest BCUT2D eigenvalue weighted by Gasteiger charge is -2.30. The SMILES string of the molecule is CC1CCN(CCCNC(=O)Nc2ccc(Cl)c(F)c2)CC1. The lowest BCUT2D eigenvalue weighted by molar-refractivity contribution is 0.190. The number of nitrogens with zero attached hydrogens (tertiary/aromatic N) is 1. The van der Waals surface area contributed by atoms with Crippen LogP contribution in [-0.4, -0.2) is 37.1 Å². The van der Waals surface area contributed by atoms with Gasteiger partial charge in [0.25, 0.3) is 0 Å². The van der Waals surface area contributed by atoms with Crippen molar-refractivity contribution in [2.75, 3.05) is 31.5 Å². The van der Waals surface area contributed by atoms with Gasteiger partial charge in [0.1, 0.15) is 5.82 Å². The fraction of sp³-hybridized carbons (Fsp3) is 0.562. The van der Waals surface area contributed by atoms with Crippen LogP contribution in [0.15, 0.2) is 18.2 Å². The molecule has 2 amide bonds. The Bertz CT molecular complexity index is 504. The molecule has 0 saturated carbocycles. The van der Waals surface area contributed by atoms with E-state index in [2.05, 4.69) is 22.5 Å². The summed E-state index contributed by atoms with van der Waals surface area (Å²) >= 11 is 5.59. The number of halogens is 2. The van der Waals surface area contributed by atoms with Crippen LogP contribution in [-0.2, 0) is 0 Å². The van der Waals surface area contributed by atoms with Gasteiger partial charge >= 0.3 is 6.03 Å². The van der Waals surface area contributed by atoms with Gasteiger partial charge in [0.2, 0.25) is 0 Å². The summed E-state index contributed by atoms with van der Waals surface area (Å²) in [5.41, 5.74) is 0.393. The molecule has 1 aliphatic heterocycles. The van der Waals surface area contributed by atoms with E-state index in [9.17, 15) is 9.18 Å². The molecular formula is C16H23ClFN3O. The van der Waals surface area contributed by atoms with E-state index in [1.807, 2.05) is 0 Å². The van der Waals surface area contributed by atoms with Crippen molar-refractivity contribution in [2.24, 2.45) is 5.92 Å². The zero-order valence-corrected chi connectivity index (χ0v) is 13.6. The molecule has 0 radical (unpaired) electrons. The Labute approximate surface area is 136 Å². The molecule has 0 atom stereocenters. The van der Waals surface area contributed by atoms with Gasteiger partial charge in [-0.2, -0.15) is 0 Å². The van der Waals surface area contributed by atoms with Gasteiger partial charge in [0, 0.05) is 12.2 Å². The van der Waals surface area contributed by atoms with Crippen molar-refractivity contribution in [3.63, 3.8) is 0 Å². The van der Waals surface area contributed by atoms with Crippen LogP contribution in [0.2, 0.25) is 5.02 Å². The lowest BCUT2D eigenvalue weighted by Crippen LogP contribution is -2.36. The van der Waals surface area contributed by atoms with Crippen molar-refractivity contribution in [1.82, 2.24) is 10.2 Å². The van der Waals surface area contributed by atoms with Crippen LogP contribution >= 0.6 is 11.6 Å². The van der Waals surface area contributed by atoms with Gasteiger partial charge in [0.05, 0.1) is 5.02 Å². The molecule has 4 nitrogen and oxygen atoms in total. The maximum atomic E-state index is 13.3. The summed E-state index contributed by atoms with van der Waals surface area (Å²) < 4.78 is 13.3. The Kier molecular flexibility index (Phi) is 6.46. The third-order valence-corrected chi connectivity index (χ3v) is 4.30. The Morgan fingerprint density at radius 3 is 2.82 bits per heavy atom. The number of nitrogens with one attached hydrogen (secondary N) is 2. The highest BCUT2D eigenvalue weighted by molar-refractivity contribution is 6.30. The van der Waals surface area contributed by atoms with E-state index in [-0.39, 0.29) is 11.1 Å². The molecule has 1 aromatic rings. The quantitative estimate of drug-likeness (QED) is 0.809. The lowest BCUT2D eigenvalue weighted by atomic mass is 9.99. The van der Waals surface area contributed by atoms with Gasteiger partial charge in [0.15, 0.2) is 0 Å². The van der Waals surface area contributed by atoms with Gasteiger partial charge in [-0.1, -0.05) is 18.5 Å². The molecule has 122 valence electrons. The van der Waals surface area contributed by atoms with Crippen molar-refractivity contribution < 1.29 is 9.18 Å². The van der Waals surface area contributed by atoms with E-state index < -0.39 is 5.82 Å². The first-order chi connectivity index (χ1) is 10.5. The second-order valence-electron chi connectivity index (χ2n) is 5.89. The van der Waals surface area contributed by atoms with E-state index in [1.165, 1.54) is 25.0 Å². The van der Waals surface area contributed by atoms with Crippen LogP contribution in [0.5, 0.6) is 0 Å². The third kappa shape index (κ3) is 5.46. The van der Waals surface area contributed by atoms with Crippen LogP contribution in [0, 0.1) is 11.7 Å². The second kappa shape index (κ2) is 8.34. The fourth-order valence-corrected chi connectivity index (χ4v) is 2.66. The Hall–Kier alpha value is -1.33. The number of carbonyl (C=O) groups excluding carboxylic acids is 1. The van der Waals surface area contributed by atoms with Crippen molar-refractivity contribution >= 4 is 23.3 Å². The summed E-state index contributed by atoms with van der Waals surface area (Å²) in [4.78, 5) is 14.2. The average Bonchev–Trinajstić information content (AvgIpc) is 2.49. The summed E-state index contributed by atoms with van der Waals surface area (Å²) in [5.74, 6) is 0.290. The highest BCUT2D eigenvalue weighted by atomic mass is 35.5. The number of urea groups is 1. The standard InChI is InChI=1S/C16H23ClFN3O/c1-12-5-9-21(10-6-12)8-2-7-19-16(22)20-13-3-4-14(17)15(18)11-13/h3-4,11-12H,2,5-10H2,1H3,(H2,19,20,22). The van der Waals surface area contributed by atoms with Gasteiger partial charge in [-0.05, 0) is 63.0 Å². The highest BCUT2D eigenvalue weighted by Gasteiger charge is 2.14. The second-order valence-corrected chi connectivity index (χ2v) is 6.29. The molecule has 1 aromatic carbocycles. The predicted molar refractivity (Wildman–Crippen MR) is 87.9 cm³/mol. The predicted octanol–water partition coefficient (Wildman–Crippen LogP) is 3.72. The number of amides is 2. The molecule has 22 heavy (non-hydrogen) atoms. The molecule has 0 bridgehead atoms. The molecule has 6 heteroatoms. The number of rotatable bonds is 5. The van der Waals surface area contributed by atoms with Crippen molar-refractivity contribution in [1.29, 1.82) is 0 Å². The third-order valence-electron chi connectivity index (χ3n) is 3.99. The van der Waals surface area contributed by atoms with Gasteiger partial charge in [-0.3, -0.25) is 0 Å². The monoisotopic (exact) mass is 327 g/mol. The maximum Gasteiger partial charge on any atom is 0.319 e. The Morgan fingerprint density at radius 1 is 1.41 bits per heavy atom. The number of likely N-dealkylation sites (tertiary alicyclic amines) is 1. The van der Waals surface area contributed by atoms with Crippen molar-refractivity contribution in [2.45, 2.75) is 26.2 Å². The first-order valence-electron chi connectivity index (χ1n) is 7.77. The topological polar surface area (TPSA) is 44.4 Å². The minimum absolute atomic E-state index is 0.0433. The Balaban J connectivity index is 1.62. The first kappa shape index (κ1) is 17.0. The van der Waals surface area contributed by atoms with E-state index in [1.54, 1.807) is 6.07 Å². The zero-order valence-electron chi connectivity index (χ0n) is 12.9. The molecule has 0 aromatic heterocycles. The number of carbonyl (C=O) groups is 1. The maximum absolute atomic E-state index is 13.3. The van der Waals surface area contributed by atoms with Crippen LogP contribution in [0.25, 0.3) is 0 Å². The minimum atomic E-state index is -0.543. The van der Waals surface area contributed by atoms with Crippen LogP contribution < -0.4 is 10.6 Å². The first-order valence-corrected chi connectivity index (χ1v) is 8.14. The molecule has 1 saturated heterocycles. The molecular weight excluding hydrogens is 305 g/mol. The zero-order chi connectivity index (χ0) is 15.9. The van der Waals surface area contributed by atoms with Gasteiger partial charge in [-0.15, -0.1) is 0 Å². The van der Waals surface area contributed by atoms with E-state index in [0.29, 0.717) is 12.2 Å². The van der Waals surface area contributed by atoms with E-state index in [0.717, 1.165) is 32.0 Å². The average molecular weight is 328 g/mol. The molecule has 0 spiro atoms. The minimum Gasteiger partial charge on any atom is -0.338 e. The molecule has 1 aliphatic rings. The highest BCUT2D eigenvalue weighted by Crippen LogP contribution is 2.18. The fourth-order valence-electron chi connectivity index (χ4n) is 2.54. The largest absolute Gasteiger partial charge is 0.338 e. The molecule has 0 unspecified atom stereocenters. The number of piperidine rings is 1. The molecule has 1 fully saturated rings. The number of benzene rings is 1. The summed E-state index contributed by atoms with van der Waals surface area (Å²) in [6.45, 7) is 6.20.